The van der Waals surface area contributed by atoms with E-state index in [1.807, 2.05) is 23.2 Å². The van der Waals surface area contributed by atoms with Crippen LogP contribution < -0.4 is 20.9 Å². The highest BCUT2D eigenvalue weighted by Gasteiger charge is 2.44. The maximum absolute atomic E-state index is 14.1. The molecular weight excluding hydrogens is 548 g/mol. The third-order valence-electron chi connectivity index (χ3n) is 6.16. The first-order chi connectivity index (χ1) is 18.9. The Balaban J connectivity index is 1.60. The number of nitrogens with one attached hydrogen (secondary N) is 2. The number of nitrogens with zero attached hydrogens (tertiary/aromatic N) is 1. The largest absolute Gasteiger partial charge is 0.462 e. The molecule has 0 radical (unpaired) electrons. The maximum Gasteiger partial charge on any atom is 0.459 e. The van der Waals surface area contributed by atoms with E-state index >= 15 is 0 Å². The number of aliphatic hydroxyl groups is 1. The second-order valence-electron chi connectivity index (χ2n) is 9.71. The normalized spacial score (nSPS) is 22.1. The van der Waals surface area contributed by atoms with Crippen LogP contribution in [0.25, 0.3) is 10.8 Å². The van der Waals surface area contributed by atoms with Crippen LogP contribution >= 0.6 is 7.75 Å². The van der Waals surface area contributed by atoms with Gasteiger partial charge in [0.25, 0.3) is 5.56 Å². The summed E-state index contributed by atoms with van der Waals surface area (Å²) in [7, 11) is -4.37. The number of carbonyl (C=O) groups excluding carboxylic acids is 1. The predicted octanol–water partition coefficient (Wildman–Crippen LogP) is 3.00. The van der Waals surface area contributed by atoms with Crippen molar-refractivity contribution in [2.24, 2.45) is 0 Å². The van der Waals surface area contributed by atoms with Crippen LogP contribution in [-0.4, -0.2) is 51.1 Å². The molecule has 0 bridgehead atoms. The monoisotopic (exact) mass is 579 g/mol. The lowest BCUT2D eigenvalue weighted by molar-refractivity contribution is -0.149. The SMILES string of the molecule is CC(C)OC(=O)[C@H](C)N[P@](=O)(Oc1cccc2ccccc12)O[C@H](C)[C@H]1O[C@@H](n2cc(F)c(=O)[nH]c2=O)CC1O. The van der Waals surface area contributed by atoms with E-state index in [0.29, 0.717) is 11.6 Å². The van der Waals surface area contributed by atoms with Gasteiger partial charge in [0.05, 0.1) is 24.5 Å². The Hall–Kier alpha value is -3.35. The van der Waals surface area contributed by atoms with Crippen LogP contribution in [0.15, 0.2) is 58.3 Å². The molecule has 40 heavy (non-hydrogen) atoms. The first kappa shape index (κ1) is 29.6. The van der Waals surface area contributed by atoms with Crippen molar-refractivity contribution in [3.8, 4) is 5.75 Å². The van der Waals surface area contributed by atoms with E-state index in [1.165, 1.54) is 13.8 Å². The molecule has 3 aromatic rings. The Morgan fingerprint density at radius 3 is 2.60 bits per heavy atom. The van der Waals surface area contributed by atoms with Gasteiger partial charge in [0.1, 0.15) is 24.1 Å². The fourth-order valence-corrected chi connectivity index (χ4v) is 6.04. The van der Waals surface area contributed by atoms with Gasteiger partial charge in [-0.15, -0.1) is 0 Å². The molecule has 0 amide bonds. The summed E-state index contributed by atoms with van der Waals surface area (Å²) >= 11 is 0. The van der Waals surface area contributed by atoms with Crippen molar-refractivity contribution in [2.75, 3.05) is 0 Å². The summed E-state index contributed by atoms with van der Waals surface area (Å²) in [6.45, 7) is 6.24. The Bertz CT molecular complexity index is 1540. The zero-order chi connectivity index (χ0) is 29.2. The highest BCUT2D eigenvalue weighted by atomic mass is 31.2. The predicted molar refractivity (Wildman–Crippen MR) is 142 cm³/mol. The number of rotatable bonds is 10. The Kier molecular flexibility index (Phi) is 8.91. The Morgan fingerprint density at radius 1 is 1.18 bits per heavy atom. The lowest BCUT2D eigenvalue weighted by atomic mass is 10.1. The number of carbonyl (C=O) groups is 1. The lowest BCUT2D eigenvalue weighted by Crippen LogP contribution is -2.40. The number of H-pyrrole nitrogens is 1. The number of ether oxygens (including phenoxy) is 2. The first-order valence-corrected chi connectivity index (χ1v) is 14.2. The topological polar surface area (TPSA) is 158 Å². The van der Waals surface area contributed by atoms with Crippen LogP contribution in [-0.2, 0) is 23.4 Å². The summed E-state index contributed by atoms with van der Waals surface area (Å²) in [5.74, 6) is -1.68. The van der Waals surface area contributed by atoms with E-state index in [1.54, 1.807) is 38.1 Å². The minimum atomic E-state index is -4.37. The highest BCUT2D eigenvalue weighted by molar-refractivity contribution is 7.52. The fourth-order valence-electron chi connectivity index (χ4n) is 4.33. The van der Waals surface area contributed by atoms with E-state index in [2.05, 4.69) is 5.09 Å². The molecule has 2 aromatic carbocycles. The molecule has 6 atom stereocenters. The number of hydrogen-bond donors (Lipinski definition) is 3. The standard InChI is InChI=1S/C26H31FN3O9P/c1-14(2)36-25(33)15(3)29-40(35,39-21-11-7-9-17-8-5-6-10-18(17)21)38-16(4)23-20(31)12-22(37-23)30-13-19(27)24(32)28-26(30)34/h5-11,13-16,20,22-23,31H,12H2,1-4H3,(H,29,35)(H,28,32,34)/t15-,16+,20?,22+,23+,40+/m0/s1. The zero-order valence-corrected chi connectivity index (χ0v) is 23.2. The molecule has 1 aliphatic heterocycles. The van der Waals surface area contributed by atoms with Crippen LogP contribution in [0, 0.1) is 5.82 Å². The van der Waals surface area contributed by atoms with Crippen molar-refractivity contribution >= 4 is 24.5 Å². The van der Waals surface area contributed by atoms with E-state index in [0.717, 1.165) is 9.95 Å². The number of aromatic amines is 1. The summed E-state index contributed by atoms with van der Waals surface area (Å²) in [6.07, 6.45) is -4.52. The van der Waals surface area contributed by atoms with Crippen molar-refractivity contribution in [3.63, 3.8) is 0 Å². The van der Waals surface area contributed by atoms with Crippen LogP contribution in [0.3, 0.4) is 0 Å². The Labute approximate surface area is 228 Å². The smallest absolute Gasteiger partial charge is 0.459 e. The van der Waals surface area contributed by atoms with E-state index in [9.17, 15) is 28.4 Å². The number of fused-ring (bicyclic) bond motifs is 1. The quantitative estimate of drug-likeness (QED) is 0.241. The van der Waals surface area contributed by atoms with Crippen LogP contribution in [0.1, 0.15) is 40.3 Å². The summed E-state index contributed by atoms with van der Waals surface area (Å²) in [5, 5.41) is 14.7. The molecule has 1 aromatic heterocycles. The van der Waals surface area contributed by atoms with E-state index in [4.69, 9.17) is 18.5 Å². The first-order valence-electron chi connectivity index (χ1n) is 12.7. The number of hydrogen-bond acceptors (Lipinski definition) is 9. The minimum absolute atomic E-state index is 0.150. The number of halogens is 1. The second kappa shape index (κ2) is 12.0. The van der Waals surface area contributed by atoms with Gasteiger partial charge in [-0.25, -0.2) is 9.36 Å². The van der Waals surface area contributed by atoms with E-state index < -0.39 is 67.5 Å². The van der Waals surface area contributed by atoms with Gasteiger partial charge in [-0.2, -0.15) is 9.48 Å². The summed E-state index contributed by atoms with van der Waals surface area (Å²) in [5.41, 5.74) is -2.11. The van der Waals surface area contributed by atoms with Crippen molar-refractivity contribution in [2.45, 2.75) is 70.8 Å². The van der Waals surface area contributed by atoms with Gasteiger partial charge in [0.15, 0.2) is 0 Å². The van der Waals surface area contributed by atoms with Gasteiger partial charge in [0.2, 0.25) is 5.82 Å². The molecule has 0 aliphatic carbocycles. The number of esters is 1. The molecule has 0 saturated carbocycles. The van der Waals surface area contributed by atoms with Crippen molar-refractivity contribution < 1.29 is 37.4 Å². The number of aromatic nitrogens is 2. The average Bonchev–Trinajstić information content (AvgIpc) is 3.27. The molecule has 1 aliphatic rings. The summed E-state index contributed by atoms with van der Waals surface area (Å²) in [4.78, 5) is 37.9. The van der Waals surface area contributed by atoms with Gasteiger partial charge >= 0.3 is 19.4 Å². The van der Waals surface area contributed by atoms with Gasteiger partial charge < -0.3 is 19.1 Å². The van der Waals surface area contributed by atoms with Crippen LogP contribution in [0.2, 0.25) is 0 Å². The summed E-state index contributed by atoms with van der Waals surface area (Å²) in [6, 6.07) is 11.3. The number of aliphatic hydroxyl groups excluding tert-OH is 1. The summed E-state index contributed by atoms with van der Waals surface area (Å²) < 4.78 is 51.5. The maximum atomic E-state index is 14.1. The van der Waals surface area contributed by atoms with E-state index in [-0.39, 0.29) is 12.2 Å². The molecule has 1 fully saturated rings. The van der Waals surface area contributed by atoms with Gasteiger partial charge in [-0.3, -0.25) is 23.7 Å². The highest BCUT2D eigenvalue weighted by Crippen LogP contribution is 2.49. The molecule has 12 nitrogen and oxygen atoms in total. The Morgan fingerprint density at radius 2 is 1.88 bits per heavy atom. The molecule has 3 N–H and O–H groups in total. The van der Waals surface area contributed by atoms with Crippen molar-refractivity contribution in [1.82, 2.24) is 14.6 Å². The molecule has 0 spiro atoms. The molecular formula is C26H31FN3O9P. The van der Waals surface area contributed by atoms with Gasteiger partial charge in [-0.1, -0.05) is 36.4 Å². The number of benzene rings is 2. The molecule has 1 saturated heterocycles. The fraction of sp³-hybridized carbons (Fsp3) is 0.423. The van der Waals surface area contributed by atoms with Crippen molar-refractivity contribution in [3.05, 3.63) is 75.3 Å². The molecule has 4 rings (SSSR count). The van der Waals surface area contributed by atoms with Gasteiger partial charge in [-0.05, 0) is 39.1 Å². The van der Waals surface area contributed by atoms with Crippen molar-refractivity contribution in [1.29, 1.82) is 0 Å². The minimum Gasteiger partial charge on any atom is -0.462 e. The lowest BCUT2D eigenvalue weighted by Gasteiger charge is -2.29. The van der Waals surface area contributed by atoms with Gasteiger partial charge in [0, 0.05) is 11.8 Å². The molecule has 1 unspecified atom stereocenters. The zero-order valence-electron chi connectivity index (χ0n) is 22.3. The molecule has 2 heterocycles. The molecule has 14 heteroatoms. The van der Waals surface area contributed by atoms with Crippen LogP contribution in [0.4, 0.5) is 4.39 Å². The third-order valence-corrected chi connectivity index (χ3v) is 7.91. The third kappa shape index (κ3) is 6.68. The van der Waals surface area contributed by atoms with Crippen LogP contribution in [0.5, 0.6) is 5.75 Å². The average molecular weight is 580 g/mol. The molecule has 216 valence electrons. The second-order valence-corrected chi connectivity index (χ2v) is 11.4.